The molecule has 0 spiro atoms. The molecular formula is C13H15NO3. The van der Waals surface area contributed by atoms with Gasteiger partial charge in [0.2, 0.25) is 0 Å². The van der Waals surface area contributed by atoms with Gasteiger partial charge in [0.05, 0.1) is 26.3 Å². The molecule has 0 aliphatic rings. The van der Waals surface area contributed by atoms with E-state index in [9.17, 15) is 0 Å². The lowest BCUT2D eigenvalue weighted by atomic mass is 10.2. The average molecular weight is 233 g/mol. The molecular weight excluding hydrogens is 218 g/mol. The monoisotopic (exact) mass is 233 g/mol. The van der Waals surface area contributed by atoms with Crippen LogP contribution in [0.25, 0.3) is 10.9 Å². The predicted molar refractivity (Wildman–Crippen MR) is 66.0 cm³/mol. The fraction of sp³-hybridized carbons (Fsp3) is 0.308. The summed E-state index contributed by atoms with van der Waals surface area (Å²) < 4.78 is 16.1. The summed E-state index contributed by atoms with van der Waals surface area (Å²) in [7, 11) is 3.22. The molecule has 0 amide bonds. The van der Waals surface area contributed by atoms with E-state index >= 15 is 0 Å². The van der Waals surface area contributed by atoms with Crippen molar-refractivity contribution >= 4 is 10.9 Å². The van der Waals surface area contributed by atoms with Gasteiger partial charge in [-0.2, -0.15) is 0 Å². The van der Waals surface area contributed by atoms with Gasteiger partial charge in [0, 0.05) is 17.6 Å². The van der Waals surface area contributed by atoms with Crippen molar-refractivity contribution in [2.75, 3.05) is 20.8 Å². The molecule has 0 N–H and O–H groups in total. The van der Waals surface area contributed by atoms with E-state index in [2.05, 4.69) is 4.98 Å². The Morgan fingerprint density at radius 3 is 2.41 bits per heavy atom. The smallest absolute Gasteiger partial charge is 0.162 e. The van der Waals surface area contributed by atoms with Gasteiger partial charge in [-0.25, -0.2) is 0 Å². The largest absolute Gasteiger partial charge is 0.493 e. The van der Waals surface area contributed by atoms with Crippen LogP contribution in [0.1, 0.15) is 6.92 Å². The van der Waals surface area contributed by atoms with E-state index in [4.69, 9.17) is 14.2 Å². The minimum atomic E-state index is 0.619. The van der Waals surface area contributed by atoms with Crippen molar-refractivity contribution in [1.29, 1.82) is 0 Å². The van der Waals surface area contributed by atoms with E-state index in [1.807, 2.05) is 25.1 Å². The zero-order chi connectivity index (χ0) is 12.3. The number of aromatic nitrogens is 1. The van der Waals surface area contributed by atoms with Gasteiger partial charge < -0.3 is 14.2 Å². The molecule has 0 radical (unpaired) electrons. The molecule has 17 heavy (non-hydrogen) atoms. The second kappa shape index (κ2) is 4.91. The maximum atomic E-state index is 5.56. The molecule has 0 unspecified atom stereocenters. The molecule has 0 saturated heterocycles. The summed E-state index contributed by atoms with van der Waals surface area (Å²) in [6.07, 6.45) is 1.72. The maximum Gasteiger partial charge on any atom is 0.162 e. The van der Waals surface area contributed by atoms with Crippen LogP contribution in [-0.2, 0) is 0 Å². The number of fused-ring (bicyclic) bond motifs is 1. The highest BCUT2D eigenvalue weighted by molar-refractivity contribution is 5.88. The molecule has 1 heterocycles. The molecule has 1 aromatic carbocycles. The Labute approximate surface area is 100 Å². The van der Waals surface area contributed by atoms with Crippen molar-refractivity contribution in [3.05, 3.63) is 24.4 Å². The van der Waals surface area contributed by atoms with Crippen molar-refractivity contribution in [3.8, 4) is 17.2 Å². The van der Waals surface area contributed by atoms with Crippen LogP contribution >= 0.6 is 0 Å². The van der Waals surface area contributed by atoms with Crippen LogP contribution in [0, 0.1) is 0 Å². The Morgan fingerprint density at radius 2 is 1.76 bits per heavy atom. The first kappa shape index (κ1) is 11.5. The molecule has 2 rings (SSSR count). The van der Waals surface area contributed by atoms with E-state index in [0.717, 1.165) is 16.7 Å². The van der Waals surface area contributed by atoms with Crippen LogP contribution in [0.2, 0.25) is 0 Å². The van der Waals surface area contributed by atoms with Gasteiger partial charge in [0.15, 0.2) is 11.5 Å². The molecule has 4 heteroatoms. The zero-order valence-electron chi connectivity index (χ0n) is 10.2. The van der Waals surface area contributed by atoms with Gasteiger partial charge in [0.1, 0.15) is 5.75 Å². The van der Waals surface area contributed by atoms with E-state index in [-0.39, 0.29) is 0 Å². The number of methoxy groups -OCH3 is 2. The molecule has 4 nitrogen and oxygen atoms in total. The summed E-state index contributed by atoms with van der Waals surface area (Å²) in [6.45, 7) is 2.57. The van der Waals surface area contributed by atoms with Crippen molar-refractivity contribution in [1.82, 2.24) is 4.98 Å². The molecule has 0 bridgehead atoms. The Bertz CT molecular complexity index is 525. The summed E-state index contributed by atoms with van der Waals surface area (Å²) >= 11 is 0. The molecule has 0 saturated carbocycles. The predicted octanol–water partition coefficient (Wildman–Crippen LogP) is 2.65. The van der Waals surface area contributed by atoms with Crippen molar-refractivity contribution in [3.63, 3.8) is 0 Å². The number of nitrogens with zero attached hydrogens (tertiary/aromatic N) is 1. The normalized spacial score (nSPS) is 10.3. The Hall–Kier alpha value is -1.97. The maximum absolute atomic E-state index is 5.56. The number of pyridine rings is 1. The van der Waals surface area contributed by atoms with E-state index in [1.54, 1.807) is 20.4 Å². The van der Waals surface area contributed by atoms with Gasteiger partial charge in [-0.1, -0.05) is 0 Å². The summed E-state index contributed by atoms with van der Waals surface area (Å²) in [5.74, 6) is 2.15. The van der Waals surface area contributed by atoms with Crippen LogP contribution in [0.4, 0.5) is 0 Å². The first-order valence-electron chi connectivity index (χ1n) is 5.43. The quantitative estimate of drug-likeness (QED) is 0.814. The second-order valence-electron chi connectivity index (χ2n) is 3.47. The lowest BCUT2D eigenvalue weighted by Crippen LogP contribution is -1.95. The fourth-order valence-corrected chi connectivity index (χ4v) is 1.73. The average Bonchev–Trinajstić information content (AvgIpc) is 2.38. The number of hydrogen-bond donors (Lipinski definition) is 0. The summed E-state index contributed by atoms with van der Waals surface area (Å²) in [5.41, 5.74) is 0.827. The molecule has 0 aliphatic carbocycles. The van der Waals surface area contributed by atoms with Crippen LogP contribution in [0.5, 0.6) is 17.2 Å². The molecule has 0 fully saturated rings. The summed E-state index contributed by atoms with van der Waals surface area (Å²) in [4.78, 5) is 4.29. The van der Waals surface area contributed by atoms with Crippen LogP contribution in [0.3, 0.4) is 0 Å². The van der Waals surface area contributed by atoms with Gasteiger partial charge in [-0.05, 0) is 19.1 Å². The SMILES string of the molecule is CCOc1ccnc2cc(OC)c(OC)cc12. The Morgan fingerprint density at radius 1 is 1.06 bits per heavy atom. The minimum absolute atomic E-state index is 0.619. The lowest BCUT2D eigenvalue weighted by molar-refractivity contribution is 0.342. The Kier molecular flexibility index (Phi) is 3.32. The number of rotatable bonds is 4. The second-order valence-corrected chi connectivity index (χ2v) is 3.47. The summed E-state index contributed by atoms with van der Waals surface area (Å²) in [6, 6.07) is 5.57. The minimum Gasteiger partial charge on any atom is -0.493 e. The lowest BCUT2D eigenvalue weighted by Gasteiger charge is -2.11. The first-order valence-corrected chi connectivity index (χ1v) is 5.43. The van der Waals surface area contributed by atoms with E-state index < -0.39 is 0 Å². The van der Waals surface area contributed by atoms with E-state index in [0.29, 0.717) is 18.1 Å². The standard InChI is InChI=1S/C13H15NO3/c1-4-17-11-5-6-14-10-8-13(16-3)12(15-2)7-9(10)11/h5-8H,4H2,1-3H3. The van der Waals surface area contributed by atoms with Crippen molar-refractivity contribution in [2.45, 2.75) is 6.92 Å². The fourth-order valence-electron chi connectivity index (χ4n) is 1.73. The first-order chi connectivity index (χ1) is 8.30. The highest BCUT2D eigenvalue weighted by Gasteiger charge is 2.09. The zero-order valence-corrected chi connectivity index (χ0v) is 10.2. The van der Waals surface area contributed by atoms with Gasteiger partial charge in [-0.3, -0.25) is 4.98 Å². The molecule has 0 atom stereocenters. The Balaban J connectivity index is 2.64. The van der Waals surface area contributed by atoms with Crippen LogP contribution in [0.15, 0.2) is 24.4 Å². The third-order valence-corrected chi connectivity index (χ3v) is 2.51. The third kappa shape index (κ3) is 2.11. The number of benzene rings is 1. The van der Waals surface area contributed by atoms with Gasteiger partial charge in [0.25, 0.3) is 0 Å². The molecule has 0 aliphatic heterocycles. The molecule has 2 aromatic rings. The molecule has 1 aromatic heterocycles. The van der Waals surface area contributed by atoms with Crippen molar-refractivity contribution < 1.29 is 14.2 Å². The molecule has 90 valence electrons. The van der Waals surface area contributed by atoms with Crippen LogP contribution < -0.4 is 14.2 Å². The third-order valence-electron chi connectivity index (χ3n) is 2.51. The van der Waals surface area contributed by atoms with Gasteiger partial charge in [-0.15, -0.1) is 0 Å². The summed E-state index contributed by atoms with van der Waals surface area (Å²) in [5, 5.41) is 0.923. The highest BCUT2D eigenvalue weighted by Crippen LogP contribution is 2.35. The highest BCUT2D eigenvalue weighted by atomic mass is 16.5. The number of ether oxygens (including phenoxy) is 3. The number of hydrogen-bond acceptors (Lipinski definition) is 4. The van der Waals surface area contributed by atoms with Crippen LogP contribution in [-0.4, -0.2) is 25.8 Å². The van der Waals surface area contributed by atoms with Gasteiger partial charge >= 0.3 is 0 Å². The topological polar surface area (TPSA) is 40.6 Å². The van der Waals surface area contributed by atoms with E-state index in [1.165, 1.54) is 0 Å². The van der Waals surface area contributed by atoms with Crippen molar-refractivity contribution in [2.24, 2.45) is 0 Å².